The van der Waals surface area contributed by atoms with Crippen molar-refractivity contribution in [2.45, 2.75) is 84.3 Å². The second-order valence-electron chi connectivity index (χ2n) is 10.0. The normalized spacial score (nSPS) is 55.5. The van der Waals surface area contributed by atoms with E-state index in [4.69, 9.17) is 0 Å². The van der Waals surface area contributed by atoms with Gasteiger partial charge in [-0.2, -0.15) is 0 Å². The van der Waals surface area contributed by atoms with Crippen LogP contribution in [-0.4, -0.2) is 28.2 Å². The topological polar surface area (TPSA) is 57.5 Å². The minimum atomic E-state index is -0.305. The molecule has 4 fully saturated rings. The molecule has 4 rings (SSSR count). The van der Waals surface area contributed by atoms with Gasteiger partial charge in [0.15, 0.2) is 0 Å². The maximum atomic E-state index is 13.3. The highest BCUT2D eigenvalue weighted by Crippen LogP contribution is 2.66. The summed E-state index contributed by atoms with van der Waals surface area (Å²) >= 11 is 0. The SMILES string of the molecule is CC(O)C1CCC2C3CCC4C[C@H](O)CCC4(C)C3C(=O)CC12C. The lowest BCUT2D eigenvalue weighted by molar-refractivity contribution is -0.163. The van der Waals surface area contributed by atoms with Gasteiger partial charge in [-0.25, -0.2) is 0 Å². The zero-order valence-electron chi connectivity index (χ0n) is 15.5. The van der Waals surface area contributed by atoms with Crippen molar-refractivity contribution in [3.05, 3.63) is 0 Å². The van der Waals surface area contributed by atoms with Gasteiger partial charge in [0.05, 0.1) is 12.2 Å². The van der Waals surface area contributed by atoms with Crippen molar-refractivity contribution >= 4 is 5.78 Å². The third kappa shape index (κ3) is 2.19. The molecule has 4 aliphatic carbocycles. The largest absolute Gasteiger partial charge is 0.393 e. The zero-order valence-corrected chi connectivity index (χ0v) is 15.5. The number of ketones is 1. The Kier molecular flexibility index (Phi) is 3.93. The number of aliphatic hydroxyl groups is 2. The fourth-order valence-corrected chi connectivity index (χ4v) is 7.88. The summed E-state index contributed by atoms with van der Waals surface area (Å²) in [5.74, 6) is 2.58. The molecule has 0 aromatic heterocycles. The Morgan fingerprint density at radius 1 is 1.08 bits per heavy atom. The Morgan fingerprint density at radius 2 is 1.83 bits per heavy atom. The Balaban J connectivity index is 1.67. The van der Waals surface area contributed by atoms with Crippen LogP contribution in [0, 0.1) is 40.4 Å². The molecule has 0 saturated heterocycles. The molecule has 0 radical (unpaired) electrons. The molecular formula is C21H34O3. The monoisotopic (exact) mass is 334 g/mol. The summed E-state index contributed by atoms with van der Waals surface area (Å²) in [6.45, 7) is 6.55. The van der Waals surface area contributed by atoms with Gasteiger partial charge in [-0.3, -0.25) is 4.79 Å². The Labute approximate surface area is 146 Å². The minimum Gasteiger partial charge on any atom is -0.393 e. The average Bonchev–Trinajstić information content (AvgIpc) is 2.84. The van der Waals surface area contributed by atoms with Crippen LogP contribution in [0.1, 0.15) is 72.1 Å². The first-order valence-corrected chi connectivity index (χ1v) is 10.2. The predicted molar refractivity (Wildman–Crippen MR) is 93.3 cm³/mol. The van der Waals surface area contributed by atoms with E-state index in [9.17, 15) is 15.0 Å². The van der Waals surface area contributed by atoms with Crippen molar-refractivity contribution < 1.29 is 15.0 Å². The van der Waals surface area contributed by atoms with Gasteiger partial charge in [0.25, 0.3) is 0 Å². The van der Waals surface area contributed by atoms with E-state index in [1.165, 1.54) is 12.8 Å². The maximum absolute atomic E-state index is 13.3. The summed E-state index contributed by atoms with van der Waals surface area (Å²) in [6, 6.07) is 0. The summed E-state index contributed by atoms with van der Waals surface area (Å²) in [4.78, 5) is 13.3. The number of hydrogen-bond donors (Lipinski definition) is 2. The van der Waals surface area contributed by atoms with Gasteiger partial charge in [0.2, 0.25) is 0 Å². The molecule has 8 unspecified atom stereocenters. The molecule has 0 heterocycles. The van der Waals surface area contributed by atoms with Crippen molar-refractivity contribution in [2.24, 2.45) is 40.4 Å². The van der Waals surface area contributed by atoms with Gasteiger partial charge >= 0.3 is 0 Å². The highest BCUT2D eigenvalue weighted by Gasteiger charge is 2.63. The van der Waals surface area contributed by atoms with Gasteiger partial charge in [-0.05, 0) is 86.4 Å². The van der Waals surface area contributed by atoms with Crippen LogP contribution in [-0.2, 0) is 4.79 Å². The molecule has 4 aliphatic rings. The van der Waals surface area contributed by atoms with Crippen LogP contribution >= 0.6 is 0 Å². The Morgan fingerprint density at radius 3 is 2.54 bits per heavy atom. The fraction of sp³-hybridized carbons (Fsp3) is 0.952. The number of Topliss-reactive ketones (excluding diaryl/α,β-unsaturated/α-hetero) is 1. The molecular weight excluding hydrogens is 300 g/mol. The van der Waals surface area contributed by atoms with Gasteiger partial charge in [0.1, 0.15) is 5.78 Å². The molecule has 0 bridgehead atoms. The van der Waals surface area contributed by atoms with E-state index in [1.807, 2.05) is 6.92 Å². The highest BCUT2D eigenvalue weighted by atomic mass is 16.3. The van der Waals surface area contributed by atoms with Crippen LogP contribution in [0.25, 0.3) is 0 Å². The van der Waals surface area contributed by atoms with E-state index in [2.05, 4.69) is 13.8 Å². The molecule has 0 spiro atoms. The summed E-state index contributed by atoms with van der Waals surface area (Å²) in [6.07, 6.45) is 7.56. The number of carbonyl (C=O) groups excluding carboxylic acids is 1. The lowest BCUT2D eigenvalue weighted by Crippen LogP contribution is -2.58. The first-order valence-electron chi connectivity index (χ1n) is 10.2. The smallest absolute Gasteiger partial charge is 0.137 e. The van der Waals surface area contributed by atoms with Gasteiger partial charge in [0, 0.05) is 12.3 Å². The summed E-state index contributed by atoms with van der Waals surface area (Å²) in [5.41, 5.74) is 0.104. The van der Waals surface area contributed by atoms with E-state index in [1.54, 1.807) is 0 Å². The average molecular weight is 335 g/mol. The molecule has 3 nitrogen and oxygen atoms in total. The summed E-state index contributed by atoms with van der Waals surface area (Å²) in [5, 5.41) is 20.4. The molecule has 2 N–H and O–H groups in total. The standard InChI is InChI=1S/C21H34O3/c1-12(22)16-6-7-17-15-5-4-13-10-14(23)8-9-20(13,2)19(15)18(24)11-21(16,17)3/h12-17,19,22-23H,4-11H2,1-3H3/t12?,13?,14-,15?,16?,17?,19?,20?,21?/m1/s1. The molecule has 3 heteroatoms. The van der Waals surface area contributed by atoms with Gasteiger partial charge < -0.3 is 10.2 Å². The van der Waals surface area contributed by atoms with Crippen LogP contribution in [0.3, 0.4) is 0 Å². The van der Waals surface area contributed by atoms with Crippen LogP contribution < -0.4 is 0 Å². The lowest BCUT2D eigenvalue weighted by atomic mass is 9.44. The predicted octanol–water partition coefficient (Wildman–Crippen LogP) is 3.57. The first kappa shape index (κ1) is 17.0. The first-order chi connectivity index (χ1) is 11.3. The summed E-state index contributed by atoms with van der Waals surface area (Å²) < 4.78 is 0. The second-order valence-corrected chi connectivity index (χ2v) is 10.0. The van der Waals surface area contributed by atoms with Crippen molar-refractivity contribution in [2.75, 3.05) is 0 Å². The lowest BCUT2D eigenvalue weighted by Gasteiger charge is -2.60. The molecule has 0 aromatic carbocycles. The van der Waals surface area contributed by atoms with Crippen molar-refractivity contribution in [1.82, 2.24) is 0 Å². The quantitative estimate of drug-likeness (QED) is 0.771. The van der Waals surface area contributed by atoms with Crippen LogP contribution in [0.5, 0.6) is 0 Å². The molecule has 9 atom stereocenters. The molecule has 24 heavy (non-hydrogen) atoms. The number of aliphatic hydroxyl groups excluding tert-OH is 2. The van der Waals surface area contributed by atoms with Gasteiger partial charge in [-0.1, -0.05) is 13.8 Å². The van der Waals surface area contributed by atoms with E-state index in [0.29, 0.717) is 30.0 Å². The van der Waals surface area contributed by atoms with Crippen molar-refractivity contribution in [3.63, 3.8) is 0 Å². The third-order valence-electron chi connectivity index (χ3n) is 8.98. The van der Waals surface area contributed by atoms with E-state index in [-0.39, 0.29) is 34.9 Å². The molecule has 136 valence electrons. The Hall–Kier alpha value is -0.410. The number of rotatable bonds is 1. The van der Waals surface area contributed by atoms with Gasteiger partial charge in [-0.15, -0.1) is 0 Å². The molecule has 0 aromatic rings. The van der Waals surface area contributed by atoms with Crippen LogP contribution in [0.15, 0.2) is 0 Å². The Bertz CT molecular complexity index is 529. The van der Waals surface area contributed by atoms with E-state index in [0.717, 1.165) is 32.1 Å². The minimum absolute atomic E-state index is 0.00376. The van der Waals surface area contributed by atoms with E-state index >= 15 is 0 Å². The molecule has 4 saturated carbocycles. The number of hydrogen-bond acceptors (Lipinski definition) is 3. The molecule has 0 aliphatic heterocycles. The molecule has 0 amide bonds. The van der Waals surface area contributed by atoms with Crippen LogP contribution in [0.2, 0.25) is 0 Å². The maximum Gasteiger partial charge on any atom is 0.137 e. The number of carbonyl (C=O) groups is 1. The number of fused-ring (bicyclic) bond motifs is 5. The zero-order chi connectivity index (χ0) is 17.3. The van der Waals surface area contributed by atoms with Crippen LogP contribution in [0.4, 0.5) is 0 Å². The fourth-order valence-electron chi connectivity index (χ4n) is 7.88. The van der Waals surface area contributed by atoms with Crippen molar-refractivity contribution in [3.8, 4) is 0 Å². The van der Waals surface area contributed by atoms with E-state index < -0.39 is 0 Å². The summed E-state index contributed by atoms with van der Waals surface area (Å²) in [7, 11) is 0. The highest BCUT2D eigenvalue weighted by molar-refractivity contribution is 5.84. The third-order valence-corrected chi connectivity index (χ3v) is 8.98. The van der Waals surface area contributed by atoms with Crippen molar-refractivity contribution in [1.29, 1.82) is 0 Å². The second kappa shape index (κ2) is 5.54.